The summed E-state index contributed by atoms with van der Waals surface area (Å²) in [6, 6.07) is 5.62. The van der Waals surface area contributed by atoms with E-state index in [9.17, 15) is 39.2 Å². The molecule has 11 heteroatoms. The van der Waals surface area contributed by atoms with Gasteiger partial charge < -0.3 is 0 Å². The topological polar surface area (TPSA) is 60.2 Å². The van der Waals surface area contributed by atoms with Crippen molar-refractivity contribution in [3.8, 4) is 22.3 Å². The molecular formula is C21H14F7NO2S. The lowest BCUT2D eigenvalue weighted by Gasteiger charge is -2.18. The van der Waals surface area contributed by atoms with Crippen molar-refractivity contribution in [2.24, 2.45) is 5.14 Å². The lowest BCUT2D eigenvalue weighted by atomic mass is 9.89. The fraction of sp³-hybridized carbons (Fsp3) is 0.143. The van der Waals surface area contributed by atoms with Crippen molar-refractivity contribution in [2.45, 2.75) is 24.9 Å². The van der Waals surface area contributed by atoms with Crippen LogP contribution in [0.5, 0.6) is 0 Å². The number of hydrogen-bond acceptors (Lipinski definition) is 2. The maximum atomic E-state index is 14.8. The van der Waals surface area contributed by atoms with Crippen LogP contribution in [0.3, 0.4) is 0 Å². The van der Waals surface area contributed by atoms with Gasteiger partial charge in [-0.3, -0.25) is 0 Å². The fourth-order valence-corrected chi connectivity index (χ4v) is 4.06. The highest BCUT2D eigenvalue weighted by Crippen LogP contribution is 2.42. The summed E-state index contributed by atoms with van der Waals surface area (Å²) in [6.45, 7) is 2.18. The van der Waals surface area contributed by atoms with E-state index in [2.05, 4.69) is 0 Å². The third-order valence-corrected chi connectivity index (χ3v) is 5.77. The number of aryl methyl sites for hydroxylation is 2. The summed E-state index contributed by atoms with van der Waals surface area (Å²) >= 11 is 0. The number of alkyl halides is 3. The standard InChI is InChI=1S/C21H14F7NO2S/c1-9-7-12(8-10(2)16(9)21(26,27)28)15-14(17(22)19(24)20(25)18(15)23)11-3-5-13(6-4-11)32(29,30)31/h3-8H,1-2H3,(H2,29,30,31). The van der Waals surface area contributed by atoms with Crippen molar-refractivity contribution >= 4 is 10.0 Å². The lowest BCUT2D eigenvalue weighted by molar-refractivity contribution is -0.138. The molecule has 0 heterocycles. The highest BCUT2D eigenvalue weighted by atomic mass is 32.2. The molecule has 3 rings (SSSR count). The molecule has 0 aliphatic carbocycles. The summed E-state index contributed by atoms with van der Waals surface area (Å²) in [6.07, 6.45) is -4.73. The Labute approximate surface area is 178 Å². The molecule has 0 saturated heterocycles. The minimum atomic E-state index is -4.73. The zero-order chi connectivity index (χ0) is 24.2. The van der Waals surface area contributed by atoms with Gasteiger partial charge in [0.05, 0.1) is 10.5 Å². The molecule has 0 radical (unpaired) electrons. The first-order valence-corrected chi connectivity index (χ1v) is 10.4. The van der Waals surface area contributed by atoms with E-state index in [0.717, 1.165) is 50.2 Å². The molecule has 3 aromatic rings. The summed E-state index contributed by atoms with van der Waals surface area (Å²) in [5.74, 6) is -7.87. The number of sulfonamides is 1. The van der Waals surface area contributed by atoms with Gasteiger partial charge in [-0.25, -0.2) is 31.1 Å². The molecule has 0 spiro atoms. The zero-order valence-corrected chi connectivity index (χ0v) is 17.2. The Bertz CT molecular complexity index is 1310. The van der Waals surface area contributed by atoms with Crippen molar-refractivity contribution < 1.29 is 39.2 Å². The summed E-state index contributed by atoms with van der Waals surface area (Å²) in [5.41, 5.74) is -3.86. The van der Waals surface area contributed by atoms with Gasteiger partial charge >= 0.3 is 6.18 Å². The molecule has 2 N–H and O–H groups in total. The number of halogens is 7. The number of hydrogen-bond donors (Lipinski definition) is 1. The van der Waals surface area contributed by atoms with Gasteiger partial charge in [0.25, 0.3) is 0 Å². The van der Waals surface area contributed by atoms with Gasteiger partial charge in [0.2, 0.25) is 10.0 Å². The third kappa shape index (κ3) is 4.09. The molecule has 0 aliphatic rings. The SMILES string of the molecule is Cc1cc(-c2c(F)c(F)c(F)c(F)c2-c2ccc(S(N)(=O)=O)cc2)cc(C)c1C(F)(F)F. The predicted molar refractivity (Wildman–Crippen MR) is 103 cm³/mol. The maximum Gasteiger partial charge on any atom is 0.416 e. The van der Waals surface area contributed by atoms with Crippen LogP contribution in [-0.4, -0.2) is 8.42 Å². The first-order chi connectivity index (χ1) is 14.6. The first-order valence-electron chi connectivity index (χ1n) is 8.82. The average Bonchev–Trinajstić information content (AvgIpc) is 2.66. The number of benzene rings is 3. The summed E-state index contributed by atoms with van der Waals surface area (Å²) < 4.78 is 120. The molecule has 0 unspecified atom stereocenters. The minimum Gasteiger partial charge on any atom is -0.225 e. The number of nitrogens with two attached hydrogens (primary N) is 1. The molecule has 3 nitrogen and oxygen atoms in total. The molecule has 0 aromatic heterocycles. The van der Waals surface area contributed by atoms with Crippen LogP contribution in [0, 0.1) is 37.1 Å². The second-order valence-corrected chi connectivity index (χ2v) is 8.62. The molecule has 0 saturated carbocycles. The van der Waals surface area contributed by atoms with Crippen molar-refractivity contribution in [1.82, 2.24) is 0 Å². The second kappa shape index (κ2) is 7.89. The van der Waals surface area contributed by atoms with E-state index in [1.807, 2.05) is 0 Å². The van der Waals surface area contributed by atoms with Gasteiger partial charge in [-0.2, -0.15) is 13.2 Å². The monoisotopic (exact) mass is 477 g/mol. The van der Waals surface area contributed by atoms with Gasteiger partial charge in [0.15, 0.2) is 23.3 Å². The van der Waals surface area contributed by atoms with Crippen LogP contribution in [-0.2, 0) is 16.2 Å². The van der Waals surface area contributed by atoms with E-state index in [0.29, 0.717) is 0 Å². The van der Waals surface area contributed by atoms with E-state index in [4.69, 9.17) is 5.14 Å². The van der Waals surface area contributed by atoms with Crippen LogP contribution in [0.1, 0.15) is 16.7 Å². The number of primary sulfonamides is 1. The normalized spacial score (nSPS) is 12.3. The van der Waals surface area contributed by atoms with Crippen LogP contribution in [0.15, 0.2) is 41.3 Å². The zero-order valence-electron chi connectivity index (χ0n) is 16.4. The highest BCUT2D eigenvalue weighted by molar-refractivity contribution is 7.89. The fourth-order valence-electron chi connectivity index (χ4n) is 3.54. The number of rotatable bonds is 3. The van der Waals surface area contributed by atoms with Crippen molar-refractivity contribution in [3.63, 3.8) is 0 Å². The largest absolute Gasteiger partial charge is 0.416 e. The lowest BCUT2D eigenvalue weighted by Crippen LogP contribution is -2.12. The highest BCUT2D eigenvalue weighted by Gasteiger charge is 2.35. The van der Waals surface area contributed by atoms with E-state index in [1.165, 1.54) is 0 Å². The van der Waals surface area contributed by atoms with Crippen LogP contribution < -0.4 is 5.14 Å². The average molecular weight is 477 g/mol. The van der Waals surface area contributed by atoms with E-state index in [-0.39, 0.29) is 27.1 Å². The first kappa shape index (κ1) is 23.7. The minimum absolute atomic E-state index is 0.252. The molecule has 0 bridgehead atoms. The maximum absolute atomic E-state index is 14.8. The summed E-state index contributed by atoms with van der Waals surface area (Å²) in [4.78, 5) is -0.382. The summed E-state index contributed by atoms with van der Waals surface area (Å²) in [5, 5.41) is 4.98. The molecular weight excluding hydrogens is 463 g/mol. The van der Waals surface area contributed by atoms with Gasteiger partial charge in [-0.1, -0.05) is 24.3 Å². The Balaban J connectivity index is 2.38. The summed E-state index contributed by atoms with van der Waals surface area (Å²) in [7, 11) is -4.14. The van der Waals surface area contributed by atoms with Crippen LogP contribution in [0.2, 0.25) is 0 Å². The molecule has 32 heavy (non-hydrogen) atoms. The molecule has 3 aromatic carbocycles. The van der Waals surface area contributed by atoms with Crippen molar-refractivity contribution in [2.75, 3.05) is 0 Å². The van der Waals surface area contributed by atoms with E-state index < -0.39 is 56.2 Å². The van der Waals surface area contributed by atoms with E-state index in [1.54, 1.807) is 0 Å². The Morgan fingerprint density at radius 3 is 1.50 bits per heavy atom. The Morgan fingerprint density at radius 1 is 0.719 bits per heavy atom. The van der Waals surface area contributed by atoms with Crippen LogP contribution >= 0.6 is 0 Å². The molecule has 0 fully saturated rings. The third-order valence-electron chi connectivity index (χ3n) is 4.84. The second-order valence-electron chi connectivity index (χ2n) is 7.06. The molecule has 0 amide bonds. The smallest absolute Gasteiger partial charge is 0.225 e. The van der Waals surface area contributed by atoms with E-state index >= 15 is 0 Å². The van der Waals surface area contributed by atoms with Crippen molar-refractivity contribution in [1.29, 1.82) is 0 Å². The van der Waals surface area contributed by atoms with Crippen molar-refractivity contribution in [3.05, 3.63) is 76.4 Å². The van der Waals surface area contributed by atoms with Gasteiger partial charge in [0.1, 0.15) is 0 Å². The molecule has 0 aliphatic heterocycles. The van der Waals surface area contributed by atoms with Crippen LogP contribution in [0.25, 0.3) is 22.3 Å². The molecule has 0 atom stereocenters. The van der Waals surface area contributed by atoms with Gasteiger partial charge in [0, 0.05) is 11.1 Å². The Hall–Kier alpha value is -2.92. The predicted octanol–water partition coefficient (Wildman–Crippen LogP) is 5.86. The Morgan fingerprint density at radius 2 is 1.12 bits per heavy atom. The molecule has 170 valence electrons. The van der Waals surface area contributed by atoms with Gasteiger partial charge in [-0.15, -0.1) is 0 Å². The Kier molecular flexibility index (Phi) is 5.85. The van der Waals surface area contributed by atoms with Gasteiger partial charge in [-0.05, 0) is 48.2 Å². The quantitative estimate of drug-likeness (QED) is 0.292. The van der Waals surface area contributed by atoms with Crippen LogP contribution in [0.4, 0.5) is 30.7 Å².